The van der Waals surface area contributed by atoms with E-state index in [-0.39, 0.29) is 0 Å². The molecule has 0 heterocycles. The van der Waals surface area contributed by atoms with Crippen LogP contribution in [0.1, 0.15) is 17.5 Å². The number of anilines is 1. The summed E-state index contributed by atoms with van der Waals surface area (Å²) in [5.74, 6) is 0. The number of benzene rings is 2. The molecule has 1 N–H and O–H groups in total. The van der Waals surface area contributed by atoms with Crippen LogP contribution in [-0.4, -0.2) is 6.54 Å². The molecular formula is C16H16F3N. The van der Waals surface area contributed by atoms with Gasteiger partial charge in [0.05, 0.1) is 5.56 Å². The van der Waals surface area contributed by atoms with Crippen LogP contribution in [-0.2, 0) is 12.6 Å². The minimum atomic E-state index is -4.27. The van der Waals surface area contributed by atoms with Crippen molar-refractivity contribution < 1.29 is 13.2 Å². The lowest BCUT2D eigenvalue weighted by Gasteiger charge is -2.09. The van der Waals surface area contributed by atoms with E-state index in [1.54, 1.807) is 0 Å². The van der Waals surface area contributed by atoms with Crippen molar-refractivity contribution in [1.29, 1.82) is 0 Å². The van der Waals surface area contributed by atoms with E-state index in [1.165, 1.54) is 17.7 Å². The normalized spacial score (nSPS) is 11.3. The van der Waals surface area contributed by atoms with Gasteiger partial charge in [0.25, 0.3) is 0 Å². The maximum Gasteiger partial charge on any atom is 0.416 e. The van der Waals surface area contributed by atoms with Gasteiger partial charge in [-0.2, -0.15) is 13.2 Å². The zero-order valence-electron chi connectivity index (χ0n) is 11.0. The van der Waals surface area contributed by atoms with Gasteiger partial charge in [-0.05, 0) is 42.7 Å². The molecule has 0 unspecified atom stereocenters. The van der Waals surface area contributed by atoms with E-state index in [2.05, 4.69) is 17.4 Å². The molecule has 0 saturated carbocycles. The van der Waals surface area contributed by atoms with Gasteiger partial charge in [0.2, 0.25) is 0 Å². The summed E-state index contributed by atoms with van der Waals surface area (Å²) in [6, 6.07) is 15.2. The van der Waals surface area contributed by atoms with Gasteiger partial charge in [-0.1, -0.05) is 30.3 Å². The Labute approximate surface area is 116 Å². The minimum absolute atomic E-state index is 0.618. The van der Waals surface area contributed by atoms with Crippen LogP contribution in [0.25, 0.3) is 0 Å². The van der Waals surface area contributed by atoms with Crippen molar-refractivity contribution in [3.63, 3.8) is 0 Å². The summed E-state index contributed by atoms with van der Waals surface area (Å²) in [6.45, 7) is 0.736. The van der Waals surface area contributed by atoms with Gasteiger partial charge < -0.3 is 5.32 Å². The van der Waals surface area contributed by atoms with Crippen LogP contribution in [0.4, 0.5) is 18.9 Å². The Bertz CT molecular complexity index is 518. The Morgan fingerprint density at radius 2 is 1.50 bits per heavy atom. The van der Waals surface area contributed by atoms with Crippen molar-refractivity contribution >= 4 is 5.69 Å². The lowest BCUT2D eigenvalue weighted by molar-refractivity contribution is -0.137. The predicted octanol–water partition coefficient (Wildman–Crippen LogP) is 4.75. The third kappa shape index (κ3) is 4.30. The lowest BCUT2D eigenvalue weighted by atomic mass is 10.1. The Hall–Kier alpha value is -1.97. The second-order valence-electron chi connectivity index (χ2n) is 4.59. The van der Waals surface area contributed by atoms with Gasteiger partial charge in [-0.25, -0.2) is 0 Å². The number of hydrogen-bond acceptors (Lipinski definition) is 1. The van der Waals surface area contributed by atoms with Gasteiger partial charge in [-0.3, -0.25) is 0 Å². The average Bonchev–Trinajstić information content (AvgIpc) is 2.44. The van der Waals surface area contributed by atoms with Crippen molar-refractivity contribution in [3.8, 4) is 0 Å². The van der Waals surface area contributed by atoms with Gasteiger partial charge in [0, 0.05) is 12.2 Å². The molecule has 0 aromatic heterocycles. The SMILES string of the molecule is FC(F)(F)c1ccc(NCCCc2ccccc2)cc1. The van der Waals surface area contributed by atoms with Crippen LogP contribution in [0.2, 0.25) is 0 Å². The number of nitrogens with one attached hydrogen (secondary N) is 1. The van der Waals surface area contributed by atoms with E-state index in [9.17, 15) is 13.2 Å². The molecule has 0 aliphatic heterocycles. The summed E-state index contributed by atoms with van der Waals surface area (Å²) in [5, 5.41) is 3.13. The molecule has 4 heteroatoms. The number of hydrogen-bond donors (Lipinski definition) is 1. The van der Waals surface area contributed by atoms with Crippen molar-refractivity contribution in [2.45, 2.75) is 19.0 Å². The van der Waals surface area contributed by atoms with Crippen molar-refractivity contribution in [1.82, 2.24) is 0 Å². The molecule has 2 aromatic rings. The molecule has 0 atom stereocenters. The van der Waals surface area contributed by atoms with Gasteiger partial charge >= 0.3 is 6.18 Å². The summed E-state index contributed by atoms with van der Waals surface area (Å²) in [4.78, 5) is 0. The molecule has 106 valence electrons. The van der Waals surface area contributed by atoms with Gasteiger partial charge in [-0.15, -0.1) is 0 Å². The number of alkyl halides is 3. The summed E-state index contributed by atoms with van der Waals surface area (Å²) in [7, 11) is 0. The number of halogens is 3. The summed E-state index contributed by atoms with van der Waals surface area (Å²) < 4.78 is 37.2. The quantitative estimate of drug-likeness (QED) is 0.779. The second kappa shape index (κ2) is 6.46. The van der Waals surface area contributed by atoms with E-state index >= 15 is 0 Å². The maximum absolute atomic E-state index is 12.4. The topological polar surface area (TPSA) is 12.0 Å². The molecular weight excluding hydrogens is 263 g/mol. The van der Waals surface area contributed by atoms with Crippen LogP contribution in [0.5, 0.6) is 0 Å². The third-order valence-electron chi connectivity index (χ3n) is 3.03. The first kappa shape index (κ1) is 14.4. The molecule has 20 heavy (non-hydrogen) atoms. The highest BCUT2D eigenvalue weighted by Gasteiger charge is 2.29. The molecule has 0 bridgehead atoms. The molecule has 1 nitrogen and oxygen atoms in total. The van der Waals surface area contributed by atoms with E-state index in [0.29, 0.717) is 5.69 Å². The van der Waals surface area contributed by atoms with E-state index in [0.717, 1.165) is 31.5 Å². The van der Waals surface area contributed by atoms with Crippen LogP contribution < -0.4 is 5.32 Å². The Kier molecular flexibility index (Phi) is 4.66. The largest absolute Gasteiger partial charge is 0.416 e. The molecule has 0 aliphatic carbocycles. The smallest absolute Gasteiger partial charge is 0.385 e. The van der Waals surface area contributed by atoms with Crippen LogP contribution in [0.15, 0.2) is 54.6 Å². The number of rotatable bonds is 5. The third-order valence-corrected chi connectivity index (χ3v) is 3.03. The van der Waals surface area contributed by atoms with Gasteiger partial charge in [0.15, 0.2) is 0 Å². The molecule has 2 rings (SSSR count). The Balaban J connectivity index is 1.77. The standard InChI is InChI=1S/C16H16F3N/c17-16(18,19)14-8-10-15(11-9-14)20-12-4-7-13-5-2-1-3-6-13/h1-3,5-6,8-11,20H,4,7,12H2. The fourth-order valence-electron chi connectivity index (χ4n) is 1.95. The summed E-state index contributed by atoms with van der Waals surface area (Å²) in [6.07, 6.45) is -2.38. The zero-order chi connectivity index (χ0) is 14.4. The molecule has 0 saturated heterocycles. The molecule has 0 radical (unpaired) electrons. The van der Waals surface area contributed by atoms with Crippen molar-refractivity contribution in [2.24, 2.45) is 0 Å². The first-order valence-electron chi connectivity index (χ1n) is 6.51. The van der Waals surface area contributed by atoms with Crippen molar-refractivity contribution in [2.75, 3.05) is 11.9 Å². The Morgan fingerprint density at radius 3 is 2.10 bits per heavy atom. The van der Waals surface area contributed by atoms with Crippen molar-refractivity contribution in [3.05, 3.63) is 65.7 Å². The molecule has 0 amide bonds. The average molecular weight is 279 g/mol. The predicted molar refractivity (Wildman–Crippen MR) is 74.7 cm³/mol. The fraction of sp³-hybridized carbons (Fsp3) is 0.250. The Morgan fingerprint density at radius 1 is 0.850 bits per heavy atom. The van der Waals surface area contributed by atoms with Crippen LogP contribution in [0, 0.1) is 0 Å². The van der Waals surface area contributed by atoms with Crippen LogP contribution in [0.3, 0.4) is 0 Å². The monoisotopic (exact) mass is 279 g/mol. The molecule has 0 aliphatic rings. The summed E-state index contributed by atoms with van der Waals surface area (Å²) in [5.41, 5.74) is 1.36. The van der Waals surface area contributed by atoms with E-state index in [4.69, 9.17) is 0 Å². The molecule has 2 aromatic carbocycles. The molecule has 0 spiro atoms. The highest BCUT2D eigenvalue weighted by Crippen LogP contribution is 2.29. The van der Waals surface area contributed by atoms with E-state index < -0.39 is 11.7 Å². The zero-order valence-corrected chi connectivity index (χ0v) is 11.0. The highest BCUT2D eigenvalue weighted by molar-refractivity contribution is 5.45. The first-order valence-corrected chi connectivity index (χ1v) is 6.51. The fourth-order valence-corrected chi connectivity index (χ4v) is 1.95. The first-order chi connectivity index (χ1) is 9.55. The van der Waals surface area contributed by atoms with E-state index in [1.807, 2.05) is 18.2 Å². The molecule has 0 fully saturated rings. The van der Waals surface area contributed by atoms with Crippen LogP contribution >= 0.6 is 0 Å². The van der Waals surface area contributed by atoms with Gasteiger partial charge in [0.1, 0.15) is 0 Å². The highest BCUT2D eigenvalue weighted by atomic mass is 19.4. The lowest BCUT2D eigenvalue weighted by Crippen LogP contribution is -2.06. The summed E-state index contributed by atoms with van der Waals surface area (Å²) >= 11 is 0. The second-order valence-corrected chi connectivity index (χ2v) is 4.59. The maximum atomic E-state index is 12.4. The minimum Gasteiger partial charge on any atom is -0.385 e. The number of aryl methyl sites for hydroxylation is 1.